The number of rotatable bonds is 9. The lowest BCUT2D eigenvalue weighted by Crippen LogP contribution is -2.50. The summed E-state index contributed by atoms with van der Waals surface area (Å²) < 4.78 is 61.7. The Hall–Kier alpha value is -4.73. The number of nitrogens with zero attached hydrogens (tertiary/aromatic N) is 6. The molecule has 2 atom stereocenters. The summed E-state index contributed by atoms with van der Waals surface area (Å²) in [6.07, 6.45) is 1.66. The van der Waals surface area contributed by atoms with Gasteiger partial charge in [-0.15, -0.1) is 10.2 Å². The van der Waals surface area contributed by atoms with Gasteiger partial charge in [-0.3, -0.25) is 14.1 Å². The van der Waals surface area contributed by atoms with Crippen LogP contribution in [0.15, 0.2) is 47.1 Å². The molecule has 1 aliphatic rings. The molecule has 2 unspecified atom stereocenters. The number of methoxy groups -OCH3 is 2. The number of ether oxygens (including phenoxy) is 2. The van der Waals surface area contributed by atoms with Crippen LogP contribution < -0.4 is 19.1 Å². The van der Waals surface area contributed by atoms with Crippen molar-refractivity contribution in [2.24, 2.45) is 5.92 Å². The van der Waals surface area contributed by atoms with E-state index in [0.29, 0.717) is 28.7 Å². The van der Waals surface area contributed by atoms with Gasteiger partial charge in [0.2, 0.25) is 27.7 Å². The molecule has 1 saturated heterocycles. The van der Waals surface area contributed by atoms with Crippen LogP contribution in [0.3, 0.4) is 0 Å². The summed E-state index contributed by atoms with van der Waals surface area (Å²) in [6.45, 7) is 1.54. The van der Waals surface area contributed by atoms with Gasteiger partial charge in [0.1, 0.15) is 22.9 Å². The molecule has 16 heteroatoms. The monoisotopic (exact) mass is 587 g/mol. The Bertz CT molecular complexity index is 1650. The van der Waals surface area contributed by atoms with Gasteiger partial charge in [-0.1, -0.05) is 6.07 Å². The van der Waals surface area contributed by atoms with Crippen LogP contribution in [0.2, 0.25) is 0 Å². The zero-order valence-corrected chi connectivity index (χ0v) is 23.0. The zero-order valence-electron chi connectivity index (χ0n) is 22.2. The second-order valence-electron chi connectivity index (χ2n) is 9.25. The Morgan fingerprint density at radius 1 is 1.10 bits per heavy atom. The lowest BCUT2D eigenvalue weighted by atomic mass is 9.98. The Kier molecular flexibility index (Phi) is 7.49. The van der Waals surface area contributed by atoms with Gasteiger partial charge in [-0.05, 0) is 37.6 Å². The van der Waals surface area contributed by atoms with Crippen molar-refractivity contribution in [3.05, 3.63) is 54.3 Å². The number of halogens is 1. The minimum absolute atomic E-state index is 0.00921. The third-order valence-electron chi connectivity index (χ3n) is 6.57. The van der Waals surface area contributed by atoms with E-state index in [4.69, 9.17) is 13.9 Å². The molecule has 4 aromatic rings. The highest BCUT2D eigenvalue weighted by molar-refractivity contribution is 7.93. The second kappa shape index (κ2) is 11.0. The fourth-order valence-corrected chi connectivity index (χ4v) is 6.04. The summed E-state index contributed by atoms with van der Waals surface area (Å²) in [5.74, 6) is -1.41. The highest BCUT2D eigenvalue weighted by atomic mass is 32.2. The number of carbonyl (C=O) groups is 1. The number of carboxylic acids is 1. The molecule has 1 aromatic carbocycles. The van der Waals surface area contributed by atoms with E-state index < -0.39 is 33.0 Å². The number of hydrogen-bond acceptors (Lipinski definition) is 11. The van der Waals surface area contributed by atoms with E-state index in [-0.39, 0.29) is 37.2 Å². The van der Waals surface area contributed by atoms with Gasteiger partial charge in [0.15, 0.2) is 11.6 Å². The molecule has 0 bridgehead atoms. The summed E-state index contributed by atoms with van der Waals surface area (Å²) in [5, 5.41) is 16.8. The first-order valence-corrected chi connectivity index (χ1v) is 13.9. The molecule has 216 valence electrons. The van der Waals surface area contributed by atoms with E-state index in [2.05, 4.69) is 24.9 Å². The van der Waals surface area contributed by atoms with E-state index in [1.165, 1.54) is 23.7 Å². The Labute approximate surface area is 233 Å². The quantitative estimate of drug-likeness (QED) is 0.293. The lowest BCUT2D eigenvalue weighted by molar-refractivity contribution is -0.141. The first-order chi connectivity index (χ1) is 19.6. The van der Waals surface area contributed by atoms with Crippen LogP contribution in [0.5, 0.6) is 11.5 Å². The van der Waals surface area contributed by atoms with Crippen molar-refractivity contribution in [1.82, 2.24) is 24.7 Å². The van der Waals surface area contributed by atoms with Crippen LogP contribution >= 0.6 is 0 Å². The highest BCUT2D eigenvalue weighted by Crippen LogP contribution is 2.38. The third kappa shape index (κ3) is 5.50. The number of piperidine rings is 1. The average molecular weight is 588 g/mol. The van der Waals surface area contributed by atoms with Gasteiger partial charge < -0.3 is 23.9 Å². The molecule has 3 aromatic heterocycles. The smallest absolute Gasteiger partial charge is 0.308 e. The van der Waals surface area contributed by atoms with Crippen molar-refractivity contribution in [2.75, 3.05) is 36.9 Å². The number of aromatic nitrogens is 5. The summed E-state index contributed by atoms with van der Waals surface area (Å²) in [6, 6.07) is 8.40. The fraction of sp³-hybridized carbons (Fsp3) is 0.320. The average Bonchev–Trinajstić information content (AvgIpc) is 3.57. The number of aryl methyl sites for hydroxylation is 1. The highest BCUT2D eigenvalue weighted by Gasteiger charge is 2.40. The third-order valence-corrected chi connectivity index (χ3v) is 8.26. The van der Waals surface area contributed by atoms with Gasteiger partial charge in [0, 0.05) is 13.1 Å². The molecule has 5 rings (SSSR count). The minimum atomic E-state index is -4.31. The van der Waals surface area contributed by atoms with Crippen molar-refractivity contribution in [3.8, 4) is 28.8 Å². The van der Waals surface area contributed by atoms with Gasteiger partial charge in [0.25, 0.3) is 0 Å². The van der Waals surface area contributed by atoms with E-state index in [0.717, 1.165) is 12.4 Å². The standard InChI is InChI=1S/C25H26FN7O7S/c1-14-7-8-20(40-14)22-29-30-25(33(22)21-18(38-2)5-4-6-19(21)39-3)31-41(36,37)17-9-15(23(34)35)12-32(13-17)24-27-10-16(26)11-28-24/h4-8,10-11,15,17H,9,12-13H2,1-3H3,(H,30,31)(H,34,35). The molecular weight excluding hydrogens is 561 g/mol. The van der Waals surface area contributed by atoms with Crippen molar-refractivity contribution in [1.29, 1.82) is 0 Å². The molecule has 4 heterocycles. The van der Waals surface area contributed by atoms with Crippen LogP contribution in [0.25, 0.3) is 17.3 Å². The Morgan fingerprint density at radius 3 is 2.37 bits per heavy atom. The SMILES string of the molecule is COc1cccc(OC)c1-n1c(NS(=O)(=O)C2CC(C(=O)O)CN(c3ncc(F)cn3)C2)nnc1-c1ccc(C)o1. The number of para-hydroxylation sites is 1. The molecule has 0 aliphatic carbocycles. The first kappa shape index (κ1) is 27.8. The molecule has 0 amide bonds. The minimum Gasteiger partial charge on any atom is -0.494 e. The fourth-order valence-electron chi connectivity index (χ4n) is 4.63. The molecule has 0 saturated carbocycles. The van der Waals surface area contributed by atoms with Gasteiger partial charge in [0.05, 0.1) is 37.8 Å². The van der Waals surface area contributed by atoms with E-state index >= 15 is 0 Å². The van der Waals surface area contributed by atoms with Crippen LogP contribution in [0, 0.1) is 18.7 Å². The molecule has 41 heavy (non-hydrogen) atoms. The van der Waals surface area contributed by atoms with Crippen LogP contribution in [-0.4, -0.2) is 76.8 Å². The van der Waals surface area contributed by atoms with Crippen molar-refractivity contribution < 1.29 is 36.6 Å². The molecule has 0 radical (unpaired) electrons. The number of anilines is 2. The van der Waals surface area contributed by atoms with Crippen LogP contribution in [0.1, 0.15) is 12.2 Å². The lowest BCUT2D eigenvalue weighted by Gasteiger charge is -2.35. The zero-order chi connectivity index (χ0) is 29.3. The molecule has 1 aliphatic heterocycles. The molecule has 1 fully saturated rings. The maximum atomic E-state index is 13.8. The predicted molar refractivity (Wildman–Crippen MR) is 143 cm³/mol. The topological polar surface area (TPSA) is 175 Å². The van der Waals surface area contributed by atoms with E-state index in [1.54, 1.807) is 37.3 Å². The van der Waals surface area contributed by atoms with E-state index in [1.807, 2.05) is 0 Å². The van der Waals surface area contributed by atoms with Gasteiger partial charge >= 0.3 is 5.97 Å². The first-order valence-electron chi connectivity index (χ1n) is 12.3. The summed E-state index contributed by atoms with van der Waals surface area (Å²) in [4.78, 5) is 21.1. The number of hydrogen-bond donors (Lipinski definition) is 2. The van der Waals surface area contributed by atoms with Crippen LogP contribution in [-0.2, 0) is 14.8 Å². The number of aliphatic carboxylic acids is 1. The predicted octanol–water partition coefficient (Wildman–Crippen LogP) is 2.50. The second-order valence-corrected chi connectivity index (χ2v) is 11.2. The van der Waals surface area contributed by atoms with E-state index in [9.17, 15) is 22.7 Å². The Morgan fingerprint density at radius 2 is 1.78 bits per heavy atom. The van der Waals surface area contributed by atoms with Crippen molar-refractivity contribution in [3.63, 3.8) is 0 Å². The summed E-state index contributed by atoms with van der Waals surface area (Å²) in [7, 11) is -1.41. The maximum Gasteiger partial charge on any atom is 0.308 e. The van der Waals surface area contributed by atoms with Gasteiger partial charge in [-0.2, -0.15) is 0 Å². The number of furan rings is 1. The Balaban J connectivity index is 1.57. The van der Waals surface area contributed by atoms with Gasteiger partial charge in [-0.25, -0.2) is 22.8 Å². The van der Waals surface area contributed by atoms with Crippen LogP contribution in [0.4, 0.5) is 16.3 Å². The number of benzene rings is 1. The summed E-state index contributed by atoms with van der Waals surface area (Å²) in [5.41, 5.74) is 0.303. The maximum absolute atomic E-state index is 13.8. The molecule has 0 spiro atoms. The summed E-state index contributed by atoms with van der Waals surface area (Å²) >= 11 is 0. The molecule has 14 nitrogen and oxygen atoms in total. The molecular formula is C25H26FN7O7S. The largest absolute Gasteiger partial charge is 0.494 e. The number of carboxylic acid groups (broad SMARTS) is 1. The van der Waals surface area contributed by atoms with Crippen molar-refractivity contribution >= 4 is 27.9 Å². The normalized spacial score (nSPS) is 17.3. The number of sulfonamides is 1. The molecule has 2 N–H and O–H groups in total. The number of nitrogens with one attached hydrogen (secondary N) is 1. The van der Waals surface area contributed by atoms with Crippen molar-refractivity contribution in [2.45, 2.75) is 18.6 Å².